The van der Waals surface area contributed by atoms with E-state index >= 15 is 0 Å². The molecule has 33 heavy (non-hydrogen) atoms. The molecule has 1 heterocycles. The standard InChI is InChI=1S/C22H25N5O5S/c1-5-24(6-2)7-8-25(22-23-19-9-14(3)15(4)10-20(19)33-22)21(28)16-11-17(26(29)30)13-18(12-16)27(31)32/h9-13H,5-8H2,1-4H3. The fraction of sp³-hybridized carbons (Fsp3) is 0.364. The Morgan fingerprint density at radius 3 is 2.06 bits per heavy atom. The van der Waals surface area contributed by atoms with E-state index in [1.54, 1.807) is 0 Å². The second-order valence-corrected chi connectivity index (χ2v) is 8.65. The van der Waals surface area contributed by atoms with E-state index in [4.69, 9.17) is 0 Å². The first-order valence-corrected chi connectivity index (χ1v) is 11.3. The van der Waals surface area contributed by atoms with Crippen LogP contribution >= 0.6 is 11.3 Å². The number of hydrogen-bond acceptors (Lipinski definition) is 8. The number of nitro groups is 2. The van der Waals surface area contributed by atoms with Crippen LogP contribution in [0.3, 0.4) is 0 Å². The molecule has 0 aliphatic heterocycles. The SMILES string of the molecule is CCN(CC)CCN(C(=O)c1cc([N+](=O)[O-])cc([N+](=O)[O-])c1)c1nc2cc(C)c(C)cc2s1. The molecule has 0 fully saturated rings. The number of carbonyl (C=O) groups excluding carboxylic acids is 1. The van der Waals surface area contributed by atoms with Crippen LogP contribution in [-0.2, 0) is 0 Å². The van der Waals surface area contributed by atoms with Crippen molar-refractivity contribution in [1.82, 2.24) is 9.88 Å². The van der Waals surface area contributed by atoms with E-state index in [-0.39, 0.29) is 12.1 Å². The molecule has 11 heteroatoms. The van der Waals surface area contributed by atoms with Crippen molar-refractivity contribution in [2.75, 3.05) is 31.1 Å². The molecule has 1 amide bonds. The highest BCUT2D eigenvalue weighted by Crippen LogP contribution is 2.32. The normalized spacial score (nSPS) is 11.2. The van der Waals surface area contributed by atoms with E-state index in [0.717, 1.165) is 52.6 Å². The van der Waals surface area contributed by atoms with E-state index < -0.39 is 27.1 Å². The van der Waals surface area contributed by atoms with E-state index in [9.17, 15) is 25.0 Å². The van der Waals surface area contributed by atoms with E-state index in [0.29, 0.717) is 11.7 Å². The number of nitro benzene ring substituents is 2. The number of thiazole rings is 1. The van der Waals surface area contributed by atoms with E-state index in [1.807, 2.05) is 39.8 Å². The number of likely N-dealkylation sites (N-methyl/N-ethyl adjacent to an activating group) is 1. The molecule has 1 aromatic heterocycles. The van der Waals surface area contributed by atoms with Gasteiger partial charge >= 0.3 is 0 Å². The summed E-state index contributed by atoms with van der Waals surface area (Å²) in [7, 11) is 0. The topological polar surface area (TPSA) is 123 Å². The zero-order valence-electron chi connectivity index (χ0n) is 18.9. The van der Waals surface area contributed by atoms with Crippen LogP contribution in [0, 0.1) is 34.1 Å². The maximum absolute atomic E-state index is 13.5. The molecular weight excluding hydrogens is 446 g/mol. The predicted molar refractivity (Wildman–Crippen MR) is 128 cm³/mol. The van der Waals surface area contributed by atoms with Gasteiger partial charge in [-0.2, -0.15) is 0 Å². The molecule has 0 saturated heterocycles. The van der Waals surface area contributed by atoms with Crippen molar-refractivity contribution in [2.24, 2.45) is 0 Å². The van der Waals surface area contributed by atoms with Gasteiger partial charge in [-0.15, -0.1) is 0 Å². The van der Waals surface area contributed by atoms with Crippen LogP contribution in [0.4, 0.5) is 16.5 Å². The number of aromatic nitrogens is 1. The third kappa shape index (κ3) is 5.32. The highest BCUT2D eigenvalue weighted by molar-refractivity contribution is 7.22. The minimum Gasteiger partial charge on any atom is -0.302 e. The molecule has 174 valence electrons. The summed E-state index contributed by atoms with van der Waals surface area (Å²) in [4.78, 5) is 42.9. The van der Waals surface area contributed by atoms with Crippen LogP contribution in [-0.4, -0.2) is 51.8 Å². The number of hydrogen-bond donors (Lipinski definition) is 0. The summed E-state index contributed by atoms with van der Waals surface area (Å²) in [6.07, 6.45) is 0. The molecular formula is C22H25N5O5S. The molecule has 0 aliphatic carbocycles. The second kappa shape index (κ2) is 10.0. The molecule has 10 nitrogen and oxygen atoms in total. The van der Waals surface area contributed by atoms with Crippen LogP contribution in [0.1, 0.15) is 35.3 Å². The van der Waals surface area contributed by atoms with E-state index in [2.05, 4.69) is 9.88 Å². The van der Waals surface area contributed by atoms with Gasteiger partial charge in [0.1, 0.15) is 0 Å². The van der Waals surface area contributed by atoms with Crippen molar-refractivity contribution < 1.29 is 14.6 Å². The Morgan fingerprint density at radius 2 is 1.52 bits per heavy atom. The van der Waals surface area contributed by atoms with Crippen LogP contribution in [0.2, 0.25) is 0 Å². The smallest absolute Gasteiger partial charge is 0.277 e. The molecule has 0 radical (unpaired) electrons. The van der Waals surface area contributed by atoms with Crippen molar-refractivity contribution in [3.8, 4) is 0 Å². The lowest BCUT2D eigenvalue weighted by molar-refractivity contribution is -0.394. The highest BCUT2D eigenvalue weighted by atomic mass is 32.1. The number of aryl methyl sites for hydroxylation is 2. The maximum atomic E-state index is 13.5. The molecule has 0 spiro atoms. The van der Waals surface area contributed by atoms with Gasteiger partial charge < -0.3 is 4.90 Å². The van der Waals surface area contributed by atoms with Crippen molar-refractivity contribution >= 4 is 44.0 Å². The van der Waals surface area contributed by atoms with Crippen molar-refractivity contribution in [2.45, 2.75) is 27.7 Å². The lowest BCUT2D eigenvalue weighted by Gasteiger charge is -2.24. The summed E-state index contributed by atoms with van der Waals surface area (Å²) < 4.78 is 0.916. The number of amides is 1. The van der Waals surface area contributed by atoms with Gasteiger partial charge in [0.05, 0.1) is 31.7 Å². The van der Waals surface area contributed by atoms with Crippen molar-refractivity contribution in [3.63, 3.8) is 0 Å². The number of benzene rings is 2. The number of carbonyl (C=O) groups is 1. The van der Waals surface area contributed by atoms with Gasteiger partial charge in [-0.3, -0.25) is 29.9 Å². The Bertz CT molecular complexity index is 1150. The molecule has 0 aliphatic rings. The fourth-order valence-corrected chi connectivity index (χ4v) is 4.50. The number of fused-ring (bicyclic) bond motifs is 1. The molecule has 0 atom stereocenters. The molecule has 0 unspecified atom stereocenters. The Balaban J connectivity index is 2.08. The van der Waals surface area contributed by atoms with Crippen LogP contribution in [0.25, 0.3) is 10.2 Å². The number of non-ortho nitro benzene ring substituents is 2. The first-order chi connectivity index (χ1) is 15.6. The van der Waals surface area contributed by atoms with Gasteiger partial charge in [-0.05, 0) is 50.2 Å². The largest absolute Gasteiger partial charge is 0.302 e. The Morgan fingerprint density at radius 1 is 0.939 bits per heavy atom. The Labute approximate surface area is 194 Å². The summed E-state index contributed by atoms with van der Waals surface area (Å²) in [5, 5.41) is 23.1. The molecule has 0 N–H and O–H groups in total. The minimum absolute atomic E-state index is 0.123. The molecule has 0 bridgehead atoms. The monoisotopic (exact) mass is 471 g/mol. The first-order valence-electron chi connectivity index (χ1n) is 10.5. The first kappa shape index (κ1) is 24.2. The minimum atomic E-state index is -0.743. The zero-order chi connectivity index (χ0) is 24.3. The van der Waals surface area contributed by atoms with Crippen LogP contribution < -0.4 is 4.90 Å². The lowest BCUT2D eigenvalue weighted by Crippen LogP contribution is -2.38. The number of anilines is 1. The molecule has 0 saturated carbocycles. The third-order valence-electron chi connectivity index (χ3n) is 5.57. The Hall–Kier alpha value is -3.44. The third-order valence-corrected chi connectivity index (χ3v) is 6.62. The average molecular weight is 472 g/mol. The van der Waals surface area contributed by atoms with Gasteiger partial charge in [0.25, 0.3) is 17.3 Å². The summed E-state index contributed by atoms with van der Waals surface area (Å²) in [5.74, 6) is -0.568. The second-order valence-electron chi connectivity index (χ2n) is 7.64. The predicted octanol–water partition coefficient (Wildman–Crippen LogP) is 4.72. The number of nitrogens with zero attached hydrogens (tertiary/aromatic N) is 5. The highest BCUT2D eigenvalue weighted by Gasteiger charge is 2.26. The van der Waals surface area contributed by atoms with Crippen molar-refractivity contribution in [3.05, 3.63) is 67.3 Å². The van der Waals surface area contributed by atoms with Gasteiger partial charge in [0.15, 0.2) is 5.13 Å². The molecule has 3 aromatic rings. The Kier molecular flexibility index (Phi) is 7.34. The summed E-state index contributed by atoms with van der Waals surface area (Å²) in [5.41, 5.74) is 1.80. The average Bonchev–Trinajstić information content (AvgIpc) is 3.18. The summed E-state index contributed by atoms with van der Waals surface area (Å²) >= 11 is 1.35. The van der Waals surface area contributed by atoms with Crippen LogP contribution in [0.5, 0.6) is 0 Å². The number of rotatable bonds is 9. The van der Waals surface area contributed by atoms with Crippen LogP contribution in [0.15, 0.2) is 30.3 Å². The molecule has 2 aromatic carbocycles. The van der Waals surface area contributed by atoms with Gasteiger partial charge in [-0.1, -0.05) is 25.2 Å². The molecule has 3 rings (SSSR count). The summed E-state index contributed by atoms with van der Waals surface area (Å²) in [6.45, 7) is 10.4. The zero-order valence-corrected chi connectivity index (χ0v) is 19.7. The van der Waals surface area contributed by atoms with Gasteiger partial charge in [-0.25, -0.2) is 4.98 Å². The maximum Gasteiger partial charge on any atom is 0.277 e. The fourth-order valence-electron chi connectivity index (χ4n) is 3.43. The van der Waals surface area contributed by atoms with Crippen molar-refractivity contribution in [1.29, 1.82) is 0 Å². The summed E-state index contributed by atoms with van der Waals surface area (Å²) in [6, 6.07) is 6.95. The van der Waals surface area contributed by atoms with Gasteiger partial charge in [0.2, 0.25) is 0 Å². The lowest BCUT2D eigenvalue weighted by atomic mass is 10.1. The quantitative estimate of drug-likeness (QED) is 0.327. The van der Waals surface area contributed by atoms with Gasteiger partial charge in [0, 0.05) is 25.2 Å². The van der Waals surface area contributed by atoms with E-state index in [1.165, 1.54) is 16.2 Å².